The molecule has 1 heterocycles. The normalized spacial score (nSPS) is 11.7. The molecule has 0 spiro atoms. The van der Waals surface area contributed by atoms with Gasteiger partial charge in [0.15, 0.2) is 0 Å². The predicted octanol–water partition coefficient (Wildman–Crippen LogP) is 2.35. The van der Waals surface area contributed by atoms with Crippen LogP contribution in [0.5, 0.6) is 0 Å². The van der Waals surface area contributed by atoms with E-state index in [2.05, 4.69) is 5.10 Å². The van der Waals surface area contributed by atoms with Crippen LogP contribution in [0.15, 0.2) is 6.20 Å². The van der Waals surface area contributed by atoms with Gasteiger partial charge in [-0.1, -0.05) is 11.6 Å². The maximum absolute atomic E-state index is 10.9. The molecule has 4 nitrogen and oxygen atoms in total. The van der Waals surface area contributed by atoms with Gasteiger partial charge in [-0.3, -0.25) is 9.48 Å². The number of rotatable bonds is 4. The van der Waals surface area contributed by atoms with E-state index in [1.54, 1.807) is 24.7 Å². The molecule has 0 atom stereocenters. The Bertz CT molecular complexity index is 371. The summed E-state index contributed by atoms with van der Waals surface area (Å²) in [4.78, 5) is 10.9. The molecule has 0 saturated carbocycles. The van der Waals surface area contributed by atoms with Crippen LogP contribution in [0.25, 0.3) is 0 Å². The minimum Gasteiger partial charge on any atom is -0.481 e. The largest absolute Gasteiger partial charge is 0.481 e. The van der Waals surface area contributed by atoms with Crippen LogP contribution in [0.1, 0.15) is 26.0 Å². The zero-order valence-electron chi connectivity index (χ0n) is 9.12. The lowest BCUT2D eigenvalue weighted by atomic mass is 9.90. The van der Waals surface area contributed by atoms with Gasteiger partial charge < -0.3 is 5.11 Å². The number of aromatic nitrogens is 2. The van der Waals surface area contributed by atoms with Gasteiger partial charge in [-0.05, 0) is 27.2 Å². The summed E-state index contributed by atoms with van der Waals surface area (Å²) in [6.07, 6.45) is 2.10. The number of aliphatic carboxylic acids is 1. The Labute approximate surface area is 93.9 Å². The van der Waals surface area contributed by atoms with E-state index in [0.29, 0.717) is 18.0 Å². The number of carboxylic acids is 1. The highest BCUT2D eigenvalue weighted by atomic mass is 35.5. The molecule has 0 fully saturated rings. The first-order valence-corrected chi connectivity index (χ1v) is 5.13. The van der Waals surface area contributed by atoms with Crippen molar-refractivity contribution in [1.29, 1.82) is 0 Å². The summed E-state index contributed by atoms with van der Waals surface area (Å²) in [7, 11) is 0. The molecule has 1 aromatic heterocycles. The predicted molar refractivity (Wildman–Crippen MR) is 58.0 cm³/mol. The van der Waals surface area contributed by atoms with Crippen molar-refractivity contribution in [2.24, 2.45) is 5.41 Å². The van der Waals surface area contributed by atoms with Crippen LogP contribution >= 0.6 is 11.6 Å². The first-order valence-electron chi connectivity index (χ1n) is 4.76. The van der Waals surface area contributed by atoms with Crippen molar-refractivity contribution in [1.82, 2.24) is 9.78 Å². The molecule has 84 valence electrons. The lowest BCUT2D eigenvalue weighted by Crippen LogP contribution is -2.25. The van der Waals surface area contributed by atoms with Gasteiger partial charge in [0, 0.05) is 6.54 Å². The van der Waals surface area contributed by atoms with E-state index >= 15 is 0 Å². The van der Waals surface area contributed by atoms with Crippen molar-refractivity contribution in [3.8, 4) is 0 Å². The second kappa shape index (κ2) is 4.23. The lowest BCUT2D eigenvalue weighted by Gasteiger charge is -2.18. The Balaban J connectivity index is 2.65. The number of carboxylic acid groups (broad SMARTS) is 1. The Hall–Kier alpha value is -1.03. The van der Waals surface area contributed by atoms with Crippen molar-refractivity contribution in [2.75, 3.05) is 0 Å². The summed E-state index contributed by atoms with van der Waals surface area (Å²) in [5, 5.41) is 13.6. The van der Waals surface area contributed by atoms with Crippen molar-refractivity contribution in [3.63, 3.8) is 0 Å². The van der Waals surface area contributed by atoms with E-state index in [9.17, 15) is 4.79 Å². The third-order valence-corrected chi connectivity index (χ3v) is 2.94. The van der Waals surface area contributed by atoms with Crippen molar-refractivity contribution >= 4 is 17.6 Å². The molecule has 0 bridgehead atoms. The van der Waals surface area contributed by atoms with Crippen LogP contribution in [0.4, 0.5) is 0 Å². The molecule has 1 rings (SSSR count). The molecule has 0 aliphatic heterocycles. The van der Waals surface area contributed by atoms with Crippen LogP contribution in [-0.4, -0.2) is 20.9 Å². The van der Waals surface area contributed by atoms with E-state index in [-0.39, 0.29) is 0 Å². The molecule has 0 aliphatic carbocycles. The summed E-state index contributed by atoms with van der Waals surface area (Å²) in [5.74, 6) is -0.793. The molecule has 15 heavy (non-hydrogen) atoms. The van der Waals surface area contributed by atoms with Gasteiger partial charge in [0.1, 0.15) is 0 Å². The summed E-state index contributed by atoms with van der Waals surface area (Å²) in [5.41, 5.74) is 0.142. The minimum atomic E-state index is -0.793. The van der Waals surface area contributed by atoms with Gasteiger partial charge in [-0.2, -0.15) is 5.10 Å². The maximum atomic E-state index is 10.9. The highest BCUT2D eigenvalue weighted by Crippen LogP contribution is 2.22. The average molecular weight is 231 g/mol. The summed E-state index contributed by atoms with van der Waals surface area (Å²) in [6.45, 7) is 5.84. The SMILES string of the molecule is Cc1c(Cl)cnn1CCC(C)(C)C(=O)O. The van der Waals surface area contributed by atoms with Gasteiger partial charge >= 0.3 is 5.97 Å². The summed E-state index contributed by atoms with van der Waals surface area (Å²) >= 11 is 5.84. The molecule has 5 heteroatoms. The van der Waals surface area contributed by atoms with Gasteiger partial charge in [-0.25, -0.2) is 0 Å². The average Bonchev–Trinajstić information content (AvgIpc) is 2.45. The van der Waals surface area contributed by atoms with Crippen LogP contribution in [-0.2, 0) is 11.3 Å². The van der Waals surface area contributed by atoms with Gasteiger partial charge in [0.25, 0.3) is 0 Å². The smallest absolute Gasteiger partial charge is 0.309 e. The Kier molecular flexibility index (Phi) is 3.39. The van der Waals surface area contributed by atoms with Crippen LogP contribution in [0.2, 0.25) is 5.02 Å². The van der Waals surface area contributed by atoms with E-state index < -0.39 is 11.4 Å². The third-order valence-electron chi connectivity index (χ3n) is 2.57. The number of aryl methyl sites for hydroxylation is 1. The zero-order chi connectivity index (χ0) is 11.6. The Morgan fingerprint density at radius 2 is 2.27 bits per heavy atom. The fraction of sp³-hybridized carbons (Fsp3) is 0.600. The number of nitrogens with zero attached hydrogens (tertiary/aromatic N) is 2. The second-order valence-corrected chi connectivity index (χ2v) is 4.65. The lowest BCUT2D eigenvalue weighted by molar-refractivity contribution is -0.147. The molecule has 1 aromatic rings. The highest BCUT2D eigenvalue weighted by Gasteiger charge is 2.26. The number of hydrogen-bond acceptors (Lipinski definition) is 2. The van der Waals surface area contributed by atoms with Gasteiger partial charge in [-0.15, -0.1) is 0 Å². The molecule has 0 aliphatic rings. The number of hydrogen-bond donors (Lipinski definition) is 1. The molecule has 1 N–H and O–H groups in total. The maximum Gasteiger partial charge on any atom is 0.309 e. The molecule has 0 radical (unpaired) electrons. The molecular formula is C10H15ClN2O2. The van der Waals surface area contributed by atoms with E-state index in [1.807, 2.05) is 6.92 Å². The topological polar surface area (TPSA) is 55.1 Å². The Morgan fingerprint density at radius 3 is 2.67 bits per heavy atom. The second-order valence-electron chi connectivity index (χ2n) is 4.24. The van der Waals surface area contributed by atoms with Crippen molar-refractivity contribution in [2.45, 2.75) is 33.7 Å². The van der Waals surface area contributed by atoms with E-state index in [0.717, 1.165) is 5.69 Å². The Morgan fingerprint density at radius 1 is 1.67 bits per heavy atom. The monoisotopic (exact) mass is 230 g/mol. The number of halogens is 1. The third kappa shape index (κ3) is 2.72. The fourth-order valence-electron chi connectivity index (χ4n) is 1.14. The minimum absolute atomic E-state index is 0.529. The molecule has 0 unspecified atom stereocenters. The van der Waals surface area contributed by atoms with Gasteiger partial charge in [0.2, 0.25) is 0 Å². The number of carbonyl (C=O) groups is 1. The first-order chi connectivity index (χ1) is 6.84. The van der Waals surface area contributed by atoms with Crippen LogP contribution in [0.3, 0.4) is 0 Å². The summed E-state index contributed by atoms with van der Waals surface area (Å²) in [6, 6.07) is 0. The molecule has 0 aromatic carbocycles. The van der Waals surface area contributed by atoms with Crippen molar-refractivity contribution < 1.29 is 9.90 Å². The molecular weight excluding hydrogens is 216 g/mol. The van der Waals surface area contributed by atoms with E-state index in [1.165, 1.54) is 0 Å². The molecule has 0 amide bonds. The van der Waals surface area contributed by atoms with Gasteiger partial charge in [0.05, 0.1) is 22.3 Å². The van der Waals surface area contributed by atoms with Crippen LogP contribution < -0.4 is 0 Å². The first kappa shape index (κ1) is 12.0. The highest BCUT2D eigenvalue weighted by molar-refractivity contribution is 6.31. The fourth-order valence-corrected chi connectivity index (χ4v) is 1.28. The van der Waals surface area contributed by atoms with E-state index in [4.69, 9.17) is 16.7 Å². The standard InChI is InChI=1S/C10H15ClN2O2/c1-7-8(11)6-12-13(7)5-4-10(2,3)9(14)15/h6H,4-5H2,1-3H3,(H,14,15). The van der Waals surface area contributed by atoms with Crippen LogP contribution in [0, 0.1) is 12.3 Å². The van der Waals surface area contributed by atoms with Crippen molar-refractivity contribution in [3.05, 3.63) is 16.9 Å². The quantitative estimate of drug-likeness (QED) is 0.864. The summed E-state index contributed by atoms with van der Waals surface area (Å²) < 4.78 is 1.73. The zero-order valence-corrected chi connectivity index (χ0v) is 9.88. The molecule has 0 saturated heterocycles.